The third-order valence-electron chi connectivity index (χ3n) is 2.35. The van der Waals surface area contributed by atoms with Crippen molar-refractivity contribution in [2.45, 2.75) is 32.6 Å². The lowest BCUT2D eigenvalue weighted by Crippen LogP contribution is -2.17. The van der Waals surface area contributed by atoms with Crippen molar-refractivity contribution in [3.8, 4) is 0 Å². The van der Waals surface area contributed by atoms with Crippen molar-refractivity contribution in [1.82, 2.24) is 0 Å². The van der Waals surface area contributed by atoms with E-state index >= 15 is 0 Å². The summed E-state index contributed by atoms with van der Waals surface area (Å²) in [5.74, 6) is 1.02. The van der Waals surface area contributed by atoms with Gasteiger partial charge in [0.25, 0.3) is 0 Å². The van der Waals surface area contributed by atoms with E-state index in [4.69, 9.17) is 0 Å². The highest BCUT2D eigenvalue weighted by atomic mass is 16.1. The van der Waals surface area contributed by atoms with Crippen LogP contribution >= 0.6 is 0 Å². The highest BCUT2D eigenvalue weighted by molar-refractivity contribution is 5.54. The van der Waals surface area contributed by atoms with Crippen LogP contribution in [0, 0.1) is 11.8 Å². The standard InChI is InChI=1S/C8H14O/c1-7-4-2-3-5-8(7)6-9/h6-8H,2-5H2,1H3/t7-,8-/m1/s1. The van der Waals surface area contributed by atoms with E-state index < -0.39 is 0 Å². The van der Waals surface area contributed by atoms with Crippen LogP contribution in [0.3, 0.4) is 0 Å². The minimum absolute atomic E-state index is 0.374. The van der Waals surface area contributed by atoms with Crippen LogP contribution in [0.5, 0.6) is 0 Å². The number of aldehydes is 1. The Morgan fingerprint density at radius 2 is 2.00 bits per heavy atom. The van der Waals surface area contributed by atoms with E-state index in [-0.39, 0.29) is 0 Å². The lowest BCUT2D eigenvalue weighted by molar-refractivity contribution is -0.113. The second-order valence-electron chi connectivity index (χ2n) is 3.06. The molecule has 1 nitrogen and oxygen atoms in total. The summed E-state index contributed by atoms with van der Waals surface area (Å²) in [6, 6.07) is 0. The predicted octanol–water partition coefficient (Wildman–Crippen LogP) is 2.01. The van der Waals surface area contributed by atoms with Crippen molar-refractivity contribution in [2.24, 2.45) is 11.8 Å². The van der Waals surface area contributed by atoms with Gasteiger partial charge in [-0.15, -0.1) is 0 Å². The summed E-state index contributed by atoms with van der Waals surface area (Å²) < 4.78 is 0. The maximum atomic E-state index is 10.4. The molecule has 0 amide bonds. The highest BCUT2D eigenvalue weighted by Crippen LogP contribution is 2.27. The second-order valence-corrected chi connectivity index (χ2v) is 3.06. The molecular weight excluding hydrogens is 112 g/mol. The van der Waals surface area contributed by atoms with E-state index in [9.17, 15) is 4.79 Å². The summed E-state index contributed by atoms with van der Waals surface area (Å²) in [7, 11) is 0. The Morgan fingerprint density at radius 1 is 1.33 bits per heavy atom. The van der Waals surface area contributed by atoms with Gasteiger partial charge in [0.15, 0.2) is 0 Å². The van der Waals surface area contributed by atoms with Gasteiger partial charge in [-0.2, -0.15) is 0 Å². The minimum atomic E-state index is 0.374. The monoisotopic (exact) mass is 126 g/mol. The maximum Gasteiger partial charge on any atom is 0.123 e. The zero-order chi connectivity index (χ0) is 6.69. The minimum Gasteiger partial charge on any atom is -0.303 e. The fourth-order valence-corrected chi connectivity index (χ4v) is 1.55. The molecule has 0 bridgehead atoms. The molecule has 0 heterocycles. The molecule has 0 unspecified atom stereocenters. The normalized spacial score (nSPS) is 36.1. The highest BCUT2D eigenvalue weighted by Gasteiger charge is 2.19. The second kappa shape index (κ2) is 3.00. The largest absolute Gasteiger partial charge is 0.303 e. The van der Waals surface area contributed by atoms with Crippen LogP contribution in [0.2, 0.25) is 0 Å². The zero-order valence-electron chi connectivity index (χ0n) is 5.97. The number of carbonyl (C=O) groups excluding carboxylic acids is 1. The van der Waals surface area contributed by atoms with Gasteiger partial charge in [0, 0.05) is 5.92 Å². The molecule has 0 aliphatic heterocycles. The van der Waals surface area contributed by atoms with Crippen LogP contribution in [-0.4, -0.2) is 6.29 Å². The van der Waals surface area contributed by atoms with Crippen molar-refractivity contribution in [1.29, 1.82) is 0 Å². The van der Waals surface area contributed by atoms with Gasteiger partial charge < -0.3 is 4.79 Å². The van der Waals surface area contributed by atoms with Gasteiger partial charge >= 0.3 is 0 Å². The van der Waals surface area contributed by atoms with Gasteiger partial charge in [-0.05, 0) is 12.3 Å². The number of carbonyl (C=O) groups is 1. The van der Waals surface area contributed by atoms with E-state index in [0.717, 1.165) is 12.7 Å². The fraction of sp³-hybridized carbons (Fsp3) is 0.875. The zero-order valence-corrected chi connectivity index (χ0v) is 5.97. The molecule has 0 spiro atoms. The molecule has 2 atom stereocenters. The van der Waals surface area contributed by atoms with Gasteiger partial charge in [0.1, 0.15) is 6.29 Å². The Hall–Kier alpha value is -0.330. The molecule has 9 heavy (non-hydrogen) atoms. The number of hydrogen-bond acceptors (Lipinski definition) is 1. The smallest absolute Gasteiger partial charge is 0.123 e. The molecule has 1 fully saturated rings. The van der Waals surface area contributed by atoms with Crippen LogP contribution in [-0.2, 0) is 4.79 Å². The molecule has 0 saturated heterocycles. The van der Waals surface area contributed by atoms with Gasteiger partial charge in [-0.1, -0.05) is 26.2 Å². The first-order chi connectivity index (χ1) is 4.34. The first-order valence-corrected chi connectivity index (χ1v) is 3.80. The molecular formula is C8H14O. The molecule has 0 aromatic rings. The Kier molecular flexibility index (Phi) is 2.26. The van der Waals surface area contributed by atoms with E-state index in [2.05, 4.69) is 6.92 Å². The summed E-state index contributed by atoms with van der Waals surface area (Å²) in [6.07, 6.45) is 6.09. The summed E-state index contributed by atoms with van der Waals surface area (Å²) in [6.45, 7) is 2.18. The Labute approximate surface area is 56.4 Å². The fourth-order valence-electron chi connectivity index (χ4n) is 1.55. The molecule has 1 heteroatoms. The molecule has 1 aliphatic carbocycles. The Balaban J connectivity index is 2.38. The molecule has 52 valence electrons. The molecule has 0 aromatic heterocycles. The van der Waals surface area contributed by atoms with Crippen molar-refractivity contribution in [3.63, 3.8) is 0 Å². The van der Waals surface area contributed by atoms with E-state index in [1.807, 2.05) is 0 Å². The van der Waals surface area contributed by atoms with Gasteiger partial charge in [-0.3, -0.25) is 0 Å². The van der Waals surface area contributed by atoms with Crippen LogP contribution in [0.1, 0.15) is 32.6 Å². The van der Waals surface area contributed by atoms with E-state index in [1.54, 1.807) is 0 Å². The first kappa shape index (κ1) is 6.79. The molecule has 0 radical (unpaired) electrons. The molecule has 1 saturated carbocycles. The maximum absolute atomic E-state index is 10.4. The average Bonchev–Trinajstić information content (AvgIpc) is 1.89. The number of hydrogen-bond donors (Lipinski definition) is 0. The van der Waals surface area contributed by atoms with Crippen molar-refractivity contribution < 1.29 is 4.79 Å². The quantitative estimate of drug-likeness (QED) is 0.491. The summed E-state index contributed by atoms with van der Waals surface area (Å²) >= 11 is 0. The summed E-state index contributed by atoms with van der Waals surface area (Å²) in [4.78, 5) is 10.4. The molecule has 1 aliphatic rings. The number of rotatable bonds is 1. The van der Waals surface area contributed by atoms with Crippen LogP contribution in [0.15, 0.2) is 0 Å². The third-order valence-corrected chi connectivity index (χ3v) is 2.35. The summed E-state index contributed by atoms with van der Waals surface area (Å²) in [5, 5.41) is 0. The summed E-state index contributed by atoms with van der Waals surface area (Å²) in [5.41, 5.74) is 0. The van der Waals surface area contributed by atoms with Crippen LogP contribution < -0.4 is 0 Å². The Bertz CT molecular complexity index is 98.7. The lowest BCUT2D eigenvalue weighted by Gasteiger charge is -2.23. The van der Waals surface area contributed by atoms with Crippen molar-refractivity contribution >= 4 is 6.29 Å². The van der Waals surface area contributed by atoms with Crippen LogP contribution in [0.4, 0.5) is 0 Å². The molecule has 0 N–H and O–H groups in total. The van der Waals surface area contributed by atoms with Crippen LogP contribution in [0.25, 0.3) is 0 Å². The van der Waals surface area contributed by atoms with Gasteiger partial charge in [-0.25, -0.2) is 0 Å². The average molecular weight is 126 g/mol. The van der Waals surface area contributed by atoms with Crippen molar-refractivity contribution in [2.75, 3.05) is 0 Å². The van der Waals surface area contributed by atoms with Crippen molar-refractivity contribution in [3.05, 3.63) is 0 Å². The third kappa shape index (κ3) is 1.54. The SMILES string of the molecule is C[C@@H]1CCCC[C@@H]1C=O. The van der Waals surface area contributed by atoms with E-state index in [1.165, 1.54) is 19.3 Å². The van der Waals surface area contributed by atoms with Gasteiger partial charge in [0.05, 0.1) is 0 Å². The first-order valence-electron chi connectivity index (χ1n) is 3.80. The van der Waals surface area contributed by atoms with Gasteiger partial charge in [0.2, 0.25) is 0 Å². The molecule has 0 aromatic carbocycles. The lowest BCUT2D eigenvalue weighted by atomic mass is 9.81. The molecule has 1 rings (SSSR count). The van der Waals surface area contributed by atoms with E-state index in [0.29, 0.717) is 11.8 Å². The topological polar surface area (TPSA) is 17.1 Å². The Morgan fingerprint density at radius 3 is 2.44 bits per heavy atom. The predicted molar refractivity (Wildman–Crippen MR) is 37.2 cm³/mol.